The molecule has 6 heteroatoms. The lowest BCUT2D eigenvalue weighted by atomic mass is 10.2. The minimum Gasteiger partial charge on any atom is -0.504 e. The predicted octanol–water partition coefficient (Wildman–Crippen LogP) is 1.57. The highest BCUT2D eigenvalue weighted by molar-refractivity contribution is 5.94. The molecule has 0 unspecified atom stereocenters. The Balaban J connectivity index is 1.72. The third-order valence-electron chi connectivity index (χ3n) is 2.83. The van der Waals surface area contributed by atoms with Gasteiger partial charge in [0.15, 0.2) is 23.1 Å². The first kappa shape index (κ1) is 12.3. The minimum absolute atomic E-state index is 0.0972. The standard InChI is InChI=1S/C14H12N2O4/c17-9-4-3-7-15-13(9)16-14(18)12-8-19-10-5-1-2-6-11(10)20-12/h1-7,12,17H,8H2,(H,15,16,18)/t12-/m0/s1. The van der Waals surface area contributed by atoms with E-state index >= 15 is 0 Å². The number of para-hydroxylation sites is 2. The lowest BCUT2D eigenvalue weighted by Crippen LogP contribution is -2.40. The Bertz CT molecular complexity index is 645. The van der Waals surface area contributed by atoms with Crippen LogP contribution >= 0.6 is 0 Å². The zero-order valence-corrected chi connectivity index (χ0v) is 10.4. The van der Waals surface area contributed by atoms with Gasteiger partial charge in [0.1, 0.15) is 6.61 Å². The van der Waals surface area contributed by atoms with Gasteiger partial charge >= 0.3 is 0 Å². The molecule has 0 bridgehead atoms. The number of carbonyl (C=O) groups excluding carboxylic acids is 1. The van der Waals surface area contributed by atoms with Gasteiger partial charge in [0.25, 0.3) is 5.91 Å². The predicted molar refractivity (Wildman–Crippen MR) is 70.9 cm³/mol. The number of anilines is 1. The topological polar surface area (TPSA) is 80.7 Å². The van der Waals surface area contributed by atoms with Crippen molar-refractivity contribution in [2.45, 2.75) is 6.10 Å². The molecule has 1 atom stereocenters. The fourth-order valence-corrected chi connectivity index (χ4v) is 1.84. The lowest BCUT2D eigenvalue weighted by molar-refractivity contribution is -0.125. The molecular formula is C14H12N2O4. The maximum Gasteiger partial charge on any atom is 0.270 e. The Kier molecular flexibility index (Phi) is 3.12. The smallest absolute Gasteiger partial charge is 0.270 e. The highest BCUT2D eigenvalue weighted by Gasteiger charge is 2.27. The highest BCUT2D eigenvalue weighted by atomic mass is 16.6. The van der Waals surface area contributed by atoms with Gasteiger partial charge in [-0.25, -0.2) is 4.98 Å². The second-order valence-corrected chi connectivity index (χ2v) is 4.22. The van der Waals surface area contributed by atoms with E-state index in [9.17, 15) is 9.90 Å². The summed E-state index contributed by atoms with van der Waals surface area (Å²) in [6.07, 6.45) is 0.689. The summed E-state index contributed by atoms with van der Waals surface area (Å²) in [5, 5.41) is 12.1. The molecule has 0 saturated carbocycles. The summed E-state index contributed by atoms with van der Waals surface area (Å²) in [5.74, 6) is 0.702. The maximum atomic E-state index is 12.1. The van der Waals surface area contributed by atoms with Crippen LogP contribution in [0.15, 0.2) is 42.6 Å². The quantitative estimate of drug-likeness (QED) is 0.867. The first-order valence-electron chi connectivity index (χ1n) is 6.07. The number of rotatable bonds is 2. The Morgan fingerprint density at radius 2 is 2.05 bits per heavy atom. The summed E-state index contributed by atoms with van der Waals surface area (Å²) in [6.45, 7) is 0.108. The summed E-state index contributed by atoms with van der Waals surface area (Å²) < 4.78 is 11.0. The molecule has 0 fully saturated rings. The van der Waals surface area contributed by atoms with E-state index in [1.807, 2.05) is 6.07 Å². The van der Waals surface area contributed by atoms with Crippen LogP contribution < -0.4 is 14.8 Å². The van der Waals surface area contributed by atoms with Gasteiger partial charge in [-0.3, -0.25) is 4.79 Å². The molecule has 1 aromatic carbocycles. The van der Waals surface area contributed by atoms with E-state index in [1.54, 1.807) is 24.3 Å². The van der Waals surface area contributed by atoms with Gasteiger partial charge in [-0.15, -0.1) is 0 Å². The maximum absolute atomic E-state index is 12.1. The molecule has 2 N–H and O–H groups in total. The Morgan fingerprint density at radius 1 is 1.25 bits per heavy atom. The number of pyridine rings is 1. The van der Waals surface area contributed by atoms with Crippen molar-refractivity contribution in [1.29, 1.82) is 0 Å². The van der Waals surface area contributed by atoms with Crippen molar-refractivity contribution >= 4 is 11.7 Å². The van der Waals surface area contributed by atoms with Crippen LogP contribution in [0.3, 0.4) is 0 Å². The number of aromatic hydroxyl groups is 1. The molecule has 0 radical (unpaired) electrons. The van der Waals surface area contributed by atoms with Crippen LogP contribution in [0.4, 0.5) is 5.82 Å². The molecule has 0 aliphatic carbocycles. The van der Waals surface area contributed by atoms with E-state index in [4.69, 9.17) is 9.47 Å². The fraction of sp³-hybridized carbons (Fsp3) is 0.143. The van der Waals surface area contributed by atoms with Crippen molar-refractivity contribution in [3.05, 3.63) is 42.6 Å². The van der Waals surface area contributed by atoms with Crippen LogP contribution in [0.1, 0.15) is 0 Å². The Labute approximate surface area is 115 Å². The molecule has 102 valence electrons. The van der Waals surface area contributed by atoms with Crippen LogP contribution in [0.25, 0.3) is 0 Å². The fourth-order valence-electron chi connectivity index (χ4n) is 1.84. The van der Waals surface area contributed by atoms with E-state index in [0.29, 0.717) is 11.5 Å². The molecule has 1 aliphatic rings. The number of fused-ring (bicyclic) bond motifs is 1. The van der Waals surface area contributed by atoms with Crippen LogP contribution in [0.2, 0.25) is 0 Å². The van der Waals surface area contributed by atoms with Crippen LogP contribution in [0, 0.1) is 0 Å². The molecule has 0 saturated heterocycles. The molecule has 6 nitrogen and oxygen atoms in total. The zero-order chi connectivity index (χ0) is 13.9. The SMILES string of the molecule is O=C(Nc1ncccc1O)[C@@H]1COc2ccccc2O1. The van der Waals surface area contributed by atoms with E-state index < -0.39 is 12.0 Å². The van der Waals surface area contributed by atoms with Crippen LogP contribution in [-0.2, 0) is 4.79 Å². The van der Waals surface area contributed by atoms with Crippen molar-refractivity contribution in [3.8, 4) is 17.2 Å². The highest BCUT2D eigenvalue weighted by Crippen LogP contribution is 2.31. The van der Waals surface area contributed by atoms with Gasteiger partial charge in [-0.1, -0.05) is 12.1 Å². The number of hydrogen-bond acceptors (Lipinski definition) is 5. The molecule has 2 heterocycles. The number of carbonyl (C=O) groups is 1. The lowest BCUT2D eigenvalue weighted by Gasteiger charge is -2.25. The van der Waals surface area contributed by atoms with E-state index in [0.717, 1.165) is 0 Å². The molecule has 3 rings (SSSR count). The second kappa shape index (κ2) is 5.08. The van der Waals surface area contributed by atoms with Gasteiger partial charge in [0, 0.05) is 6.20 Å². The number of ether oxygens (including phenoxy) is 2. The summed E-state index contributed by atoms with van der Waals surface area (Å²) in [5.41, 5.74) is 0. The van der Waals surface area contributed by atoms with Crippen molar-refractivity contribution in [2.75, 3.05) is 11.9 Å². The summed E-state index contributed by atoms with van der Waals surface area (Å²) in [4.78, 5) is 15.9. The van der Waals surface area contributed by atoms with Crippen molar-refractivity contribution in [3.63, 3.8) is 0 Å². The van der Waals surface area contributed by atoms with E-state index in [-0.39, 0.29) is 18.2 Å². The van der Waals surface area contributed by atoms with Gasteiger partial charge in [-0.2, -0.15) is 0 Å². The summed E-state index contributed by atoms with van der Waals surface area (Å²) in [7, 11) is 0. The van der Waals surface area contributed by atoms with Gasteiger partial charge in [-0.05, 0) is 24.3 Å². The van der Waals surface area contributed by atoms with Crippen molar-refractivity contribution in [2.24, 2.45) is 0 Å². The first-order chi connectivity index (χ1) is 9.74. The van der Waals surface area contributed by atoms with Crippen molar-refractivity contribution in [1.82, 2.24) is 4.98 Å². The Hall–Kier alpha value is -2.76. The summed E-state index contributed by atoms with van der Waals surface area (Å²) >= 11 is 0. The average Bonchev–Trinajstić information content (AvgIpc) is 2.49. The van der Waals surface area contributed by atoms with Gasteiger partial charge in [0.2, 0.25) is 6.10 Å². The molecular weight excluding hydrogens is 260 g/mol. The normalized spacial score (nSPS) is 16.5. The minimum atomic E-state index is -0.786. The number of amides is 1. The number of benzene rings is 1. The molecule has 0 spiro atoms. The van der Waals surface area contributed by atoms with E-state index in [1.165, 1.54) is 12.3 Å². The third kappa shape index (κ3) is 2.35. The Morgan fingerprint density at radius 3 is 2.85 bits per heavy atom. The molecule has 1 aliphatic heterocycles. The first-order valence-corrected chi connectivity index (χ1v) is 6.07. The molecule has 1 aromatic heterocycles. The summed E-state index contributed by atoms with van der Waals surface area (Å²) in [6, 6.07) is 10.1. The number of aromatic nitrogens is 1. The van der Waals surface area contributed by atoms with Crippen LogP contribution in [-0.4, -0.2) is 28.7 Å². The van der Waals surface area contributed by atoms with Crippen LogP contribution in [0.5, 0.6) is 17.2 Å². The number of hydrogen-bond donors (Lipinski definition) is 2. The third-order valence-corrected chi connectivity index (χ3v) is 2.83. The van der Waals surface area contributed by atoms with Gasteiger partial charge in [0.05, 0.1) is 0 Å². The monoisotopic (exact) mass is 272 g/mol. The molecule has 1 amide bonds. The van der Waals surface area contributed by atoms with Crippen molar-refractivity contribution < 1.29 is 19.4 Å². The number of nitrogens with zero attached hydrogens (tertiary/aromatic N) is 1. The molecule has 20 heavy (non-hydrogen) atoms. The number of nitrogens with one attached hydrogen (secondary N) is 1. The van der Waals surface area contributed by atoms with E-state index in [2.05, 4.69) is 10.3 Å². The molecule has 2 aromatic rings. The second-order valence-electron chi connectivity index (χ2n) is 4.22. The largest absolute Gasteiger partial charge is 0.504 e. The average molecular weight is 272 g/mol. The zero-order valence-electron chi connectivity index (χ0n) is 10.4. The van der Waals surface area contributed by atoms with Gasteiger partial charge < -0.3 is 19.9 Å².